The Hall–Kier alpha value is -2.10. The molecule has 0 amide bonds. The molecule has 0 radical (unpaired) electrons. The van der Waals surface area contributed by atoms with Crippen molar-refractivity contribution in [1.29, 1.82) is 0 Å². The molecule has 1 heterocycles. The first kappa shape index (κ1) is 26.5. The van der Waals surface area contributed by atoms with E-state index in [0.29, 0.717) is 29.2 Å². The Balaban J connectivity index is 1.63. The number of hydrogen-bond acceptors (Lipinski definition) is 3. The zero-order valence-corrected chi connectivity index (χ0v) is 19.3. The van der Waals surface area contributed by atoms with Crippen molar-refractivity contribution in [3.8, 4) is 11.1 Å². The second kappa shape index (κ2) is 10.3. The maximum absolute atomic E-state index is 13.1. The summed E-state index contributed by atoms with van der Waals surface area (Å²) in [5, 5.41) is 9.52. The first-order chi connectivity index (χ1) is 15.8. The lowest BCUT2D eigenvalue weighted by Gasteiger charge is -2.35. The zero-order chi connectivity index (χ0) is 25.1. The minimum atomic E-state index is -5.89. The second-order valence-electron chi connectivity index (χ2n) is 9.28. The van der Waals surface area contributed by atoms with Crippen molar-refractivity contribution in [3.05, 3.63) is 59.7 Å². The molecule has 9 heteroatoms. The lowest BCUT2D eigenvalue weighted by molar-refractivity contribution is -0.376. The summed E-state index contributed by atoms with van der Waals surface area (Å²) in [6.07, 6.45) is -10.6. The molecule has 0 aliphatic carbocycles. The molecule has 3 nitrogen and oxygen atoms in total. The highest BCUT2D eigenvalue weighted by Gasteiger charge is 2.71. The van der Waals surface area contributed by atoms with E-state index in [-0.39, 0.29) is 0 Å². The fraction of sp³-hybridized carbons (Fsp3) is 0.520. The first-order valence-corrected chi connectivity index (χ1v) is 11.3. The van der Waals surface area contributed by atoms with Gasteiger partial charge in [0.1, 0.15) is 0 Å². The van der Waals surface area contributed by atoms with E-state index in [1.165, 1.54) is 6.42 Å². The number of hydrogen-bond donors (Lipinski definition) is 1. The van der Waals surface area contributed by atoms with Crippen molar-refractivity contribution in [3.63, 3.8) is 0 Å². The van der Waals surface area contributed by atoms with Crippen molar-refractivity contribution in [2.24, 2.45) is 5.92 Å². The van der Waals surface area contributed by atoms with Crippen LogP contribution in [0.5, 0.6) is 0 Å². The van der Waals surface area contributed by atoms with Crippen LogP contribution in [0.2, 0.25) is 0 Å². The average Bonchev–Trinajstić information content (AvgIpc) is 2.77. The quantitative estimate of drug-likeness (QED) is 0.497. The largest absolute Gasteiger partial charge is 0.430 e. The standard InChI is InChI=1S/C25H30F6N2O/c1-18(2)11-12-32-13-15-33(16-14-32)17-19-3-5-20(6-4-19)21-7-9-22(10-8-21)23(34,24(26,27)28)25(29,30)31/h3-10,18,34H,11-17H2,1-2H3. The predicted molar refractivity (Wildman–Crippen MR) is 119 cm³/mol. The molecule has 1 N–H and O–H groups in total. The van der Waals surface area contributed by atoms with Gasteiger partial charge in [-0.1, -0.05) is 62.4 Å². The van der Waals surface area contributed by atoms with Crippen LogP contribution in [-0.2, 0) is 12.1 Å². The van der Waals surface area contributed by atoms with Crippen molar-refractivity contribution in [2.75, 3.05) is 32.7 Å². The highest BCUT2D eigenvalue weighted by atomic mass is 19.4. The molecule has 1 aliphatic heterocycles. The second-order valence-corrected chi connectivity index (χ2v) is 9.28. The van der Waals surface area contributed by atoms with Crippen LogP contribution < -0.4 is 0 Å². The molecule has 0 saturated carbocycles. The summed E-state index contributed by atoms with van der Waals surface area (Å²) in [6.45, 7) is 10.3. The lowest BCUT2D eigenvalue weighted by Crippen LogP contribution is -2.53. The van der Waals surface area contributed by atoms with E-state index in [4.69, 9.17) is 0 Å². The Bertz CT molecular complexity index is 900. The fourth-order valence-electron chi connectivity index (χ4n) is 4.06. The monoisotopic (exact) mass is 488 g/mol. The van der Waals surface area contributed by atoms with E-state index in [1.54, 1.807) is 12.1 Å². The summed E-state index contributed by atoms with van der Waals surface area (Å²) in [5.74, 6) is 0.688. The molecule has 188 valence electrons. The van der Waals surface area contributed by atoms with E-state index in [9.17, 15) is 31.4 Å². The molecular weight excluding hydrogens is 458 g/mol. The molecule has 3 rings (SSSR count). The smallest absolute Gasteiger partial charge is 0.369 e. The van der Waals surface area contributed by atoms with E-state index in [2.05, 4.69) is 23.6 Å². The minimum absolute atomic E-state index is 0.459. The third-order valence-electron chi connectivity index (χ3n) is 6.30. The van der Waals surface area contributed by atoms with E-state index < -0.39 is 23.5 Å². The van der Waals surface area contributed by atoms with Crippen LogP contribution >= 0.6 is 0 Å². The summed E-state index contributed by atoms with van der Waals surface area (Å²) >= 11 is 0. The van der Waals surface area contributed by atoms with Gasteiger partial charge in [-0.25, -0.2) is 0 Å². The van der Waals surface area contributed by atoms with Gasteiger partial charge in [-0.05, 0) is 35.6 Å². The molecule has 1 saturated heterocycles. The number of aliphatic hydroxyl groups is 1. The molecular formula is C25H30F6N2O. The number of piperazine rings is 1. The number of alkyl halides is 6. The number of halogens is 6. The summed E-state index contributed by atoms with van der Waals surface area (Å²) < 4.78 is 78.4. The van der Waals surface area contributed by atoms with Gasteiger partial charge in [0.25, 0.3) is 5.60 Å². The highest BCUT2D eigenvalue weighted by Crippen LogP contribution is 2.50. The van der Waals surface area contributed by atoms with E-state index >= 15 is 0 Å². The topological polar surface area (TPSA) is 26.7 Å². The summed E-state index contributed by atoms with van der Waals surface area (Å²) in [4.78, 5) is 4.84. The number of benzene rings is 2. The fourth-order valence-corrected chi connectivity index (χ4v) is 4.06. The zero-order valence-electron chi connectivity index (χ0n) is 19.3. The van der Waals surface area contributed by atoms with Crippen molar-refractivity contribution in [2.45, 2.75) is 44.8 Å². The first-order valence-electron chi connectivity index (χ1n) is 11.3. The molecule has 0 atom stereocenters. The molecule has 0 aromatic heterocycles. The van der Waals surface area contributed by atoms with Crippen LogP contribution in [0.3, 0.4) is 0 Å². The Morgan fingerprint density at radius 3 is 1.62 bits per heavy atom. The van der Waals surface area contributed by atoms with Crippen LogP contribution in [0.25, 0.3) is 11.1 Å². The average molecular weight is 489 g/mol. The van der Waals surface area contributed by atoms with Crippen LogP contribution in [0, 0.1) is 5.92 Å². The van der Waals surface area contributed by atoms with Gasteiger partial charge in [0, 0.05) is 38.3 Å². The van der Waals surface area contributed by atoms with Crippen LogP contribution in [-0.4, -0.2) is 60.0 Å². The van der Waals surface area contributed by atoms with Gasteiger partial charge in [0.15, 0.2) is 0 Å². The van der Waals surface area contributed by atoms with Crippen LogP contribution in [0.15, 0.2) is 48.5 Å². The molecule has 0 spiro atoms. The van der Waals surface area contributed by atoms with Crippen LogP contribution in [0.1, 0.15) is 31.4 Å². The summed E-state index contributed by atoms with van der Waals surface area (Å²) in [7, 11) is 0. The number of nitrogens with zero attached hydrogens (tertiary/aromatic N) is 2. The molecule has 1 aliphatic rings. The van der Waals surface area contributed by atoms with Crippen molar-refractivity contribution in [1.82, 2.24) is 9.80 Å². The molecule has 1 fully saturated rings. The summed E-state index contributed by atoms with van der Waals surface area (Å²) in [6, 6.07) is 11.1. The van der Waals surface area contributed by atoms with E-state index in [1.807, 2.05) is 12.1 Å². The van der Waals surface area contributed by atoms with Gasteiger partial charge in [0.05, 0.1) is 0 Å². The molecule has 0 unspecified atom stereocenters. The van der Waals surface area contributed by atoms with Gasteiger partial charge >= 0.3 is 12.4 Å². The lowest BCUT2D eigenvalue weighted by atomic mass is 9.90. The van der Waals surface area contributed by atoms with E-state index in [0.717, 1.165) is 57.0 Å². The summed E-state index contributed by atoms with van der Waals surface area (Å²) in [5.41, 5.74) is -3.97. The Morgan fingerprint density at radius 2 is 1.18 bits per heavy atom. The SMILES string of the molecule is CC(C)CCN1CCN(Cc2ccc(-c3ccc(C(O)(C(F)(F)F)C(F)(F)F)cc3)cc2)CC1. The molecule has 2 aromatic carbocycles. The minimum Gasteiger partial charge on any atom is -0.369 e. The maximum atomic E-state index is 13.1. The molecule has 2 aromatic rings. The Morgan fingerprint density at radius 1 is 0.735 bits per heavy atom. The Kier molecular flexibility index (Phi) is 7.99. The van der Waals surface area contributed by atoms with Gasteiger partial charge in [-0.15, -0.1) is 0 Å². The maximum Gasteiger partial charge on any atom is 0.430 e. The predicted octanol–water partition coefficient (Wildman–Crippen LogP) is 5.83. The third kappa shape index (κ3) is 5.93. The van der Waals surface area contributed by atoms with Gasteiger partial charge in [0.2, 0.25) is 0 Å². The normalized spacial score (nSPS) is 16.9. The van der Waals surface area contributed by atoms with Crippen LogP contribution in [0.4, 0.5) is 26.3 Å². The Labute approximate surface area is 196 Å². The molecule has 34 heavy (non-hydrogen) atoms. The van der Waals surface area contributed by atoms with Crippen molar-refractivity contribution < 1.29 is 31.4 Å². The van der Waals surface area contributed by atoms with Crippen molar-refractivity contribution >= 4 is 0 Å². The molecule has 0 bridgehead atoms. The number of rotatable bonds is 7. The van der Waals surface area contributed by atoms with Gasteiger partial charge in [-0.2, -0.15) is 26.3 Å². The third-order valence-corrected chi connectivity index (χ3v) is 6.30. The van der Waals surface area contributed by atoms with Gasteiger partial charge in [-0.3, -0.25) is 4.90 Å². The van der Waals surface area contributed by atoms with Gasteiger partial charge < -0.3 is 10.0 Å². The highest BCUT2D eigenvalue weighted by molar-refractivity contribution is 5.64.